The lowest BCUT2D eigenvalue weighted by Crippen LogP contribution is -2.35. The Labute approximate surface area is 181 Å². The molecule has 4 nitrogen and oxygen atoms in total. The Kier molecular flexibility index (Phi) is 5.65. The van der Waals surface area contributed by atoms with Crippen LogP contribution < -0.4 is 0 Å². The van der Waals surface area contributed by atoms with Crippen molar-refractivity contribution in [2.45, 2.75) is 30.3 Å². The molecular formula is C25H26N2O2S. The first kappa shape index (κ1) is 19.5. The molecular weight excluding hydrogens is 392 g/mol. The van der Waals surface area contributed by atoms with Gasteiger partial charge in [-0.1, -0.05) is 36.4 Å². The van der Waals surface area contributed by atoms with E-state index in [1.165, 1.54) is 16.5 Å². The number of aromatic amines is 1. The summed E-state index contributed by atoms with van der Waals surface area (Å²) in [5, 5.41) is 1.25. The second-order valence-corrected chi connectivity index (χ2v) is 8.98. The molecule has 1 N–H and O–H groups in total. The molecule has 0 spiro atoms. The Bertz CT molecular complexity index is 1080. The zero-order valence-electron chi connectivity index (χ0n) is 17.0. The molecule has 1 fully saturated rings. The zero-order valence-corrected chi connectivity index (χ0v) is 17.8. The van der Waals surface area contributed by atoms with Crippen LogP contribution in [0.1, 0.15) is 35.2 Å². The van der Waals surface area contributed by atoms with Crippen molar-refractivity contribution in [2.75, 3.05) is 25.4 Å². The van der Waals surface area contributed by atoms with E-state index in [-0.39, 0.29) is 5.91 Å². The molecule has 2 aliphatic rings. The lowest BCUT2D eigenvalue weighted by Gasteiger charge is -2.27. The van der Waals surface area contributed by atoms with Gasteiger partial charge in [-0.2, -0.15) is 0 Å². The first-order chi connectivity index (χ1) is 14.8. The van der Waals surface area contributed by atoms with Crippen molar-refractivity contribution < 1.29 is 9.53 Å². The Morgan fingerprint density at radius 2 is 2.03 bits per heavy atom. The highest BCUT2D eigenvalue weighted by molar-refractivity contribution is 7.99. The lowest BCUT2D eigenvalue weighted by atomic mass is 9.98. The maximum Gasteiger partial charge on any atom is 0.255 e. The summed E-state index contributed by atoms with van der Waals surface area (Å²) in [6.07, 6.45) is 7.75. The number of hydrogen-bond donors (Lipinski definition) is 1. The standard InChI is InChI=1S/C25H26N2O2S/c28-25(21-8-2-4-10-24(21)30-17-19-6-5-15-29-19)27-13-11-18(12-14-27)22-16-26-23-9-3-1-7-20(22)23/h1-4,7-11,16,19,26H,5-6,12-15,17H2/t19-/m1/s1. The van der Waals surface area contributed by atoms with Crippen molar-refractivity contribution in [2.24, 2.45) is 0 Å². The van der Waals surface area contributed by atoms with Crippen LogP contribution in [0.4, 0.5) is 0 Å². The molecule has 30 heavy (non-hydrogen) atoms. The fourth-order valence-electron chi connectivity index (χ4n) is 4.33. The van der Waals surface area contributed by atoms with E-state index in [0.717, 1.165) is 54.1 Å². The van der Waals surface area contributed by atoms with E-state index in [9.17, 15) is 4.79 Å². The summed E-state index contributed by atoms with van der Waals surface area (Å²) >= 11 is 1.74. The first-order valence-electron chi connectivity index (χ1n) is 10.7. The summed E-state index contributed by atoms with van der Waals surface area (Å²) < 4.78 is 5.74. The highest BCUT2D eigenvalue weighted by Gasteiger charge is 2.23. The van der Waals surface area contributed by atoms with Crippen molar-refractivity contribution >= 4 is 34.1 Å². The summed E-state index contributed by atoms with van der Waals surface area (Å²) in [7, 11) is 0. The SMILES string of the molecule is O=C(c1ccccc1SC[C@H]1CCCO1)N1CC=C(c2c[nH]c3ccccc23)CC1. The third-order valence-electron chi connectivity index (χ3n) is 6.00. The summed E-state index contributed by atoms with van der Waals surface area (Å²) in [4.78, 5) is 19.6. The fourth-order valence-corrected chi connectivity index (χ4v) is 5.45. The number of rotatable bonds is 5. The number of thioether (sulfide) groups is 1. The van der Waals surface area contributed by atoms with Gasteiger partial charge in [0.15, 0.2) is 0 Å². The number of nitrogens with one attached hydrogen (secondary N) is 1. The van der Waals surface area contributed by atoms with Crippen LogP contribution in [-0.2, 0) is 4.74 Å². The molecule has 3 heterocycles. The van der Waals surface area contributed by atoms with Gasteiger partial charge in [0.2, 0.25) is 0 Å². The molecule has 1 saturated heterocycles. The van der Waals surface area contributed by atoms with Gasteiger partial charge in [0, 0.05) is 53.0 Å². The summed E-state index contributed by atoms with van der Waals surface area (Å²) in [6, 6.07) is 16.4. The minimum atomic E-state index is 0.125. The maximum absolute atomic E-state index is 13.3. The minimum absolute atomic E-state index is 0.125. The third kappa shape index (κ3) is 3.92. The van der Waals surface area contributed by atoms with Crippen molar-refractivity contribution in [3.8, 4) is 0 Å². The summed E-state index contributed by atoms with van der Waals surface area (Å²) in [6.45, 7) is 2.26. The molecule has 1 aromatic heterocycles. The number of benzene rings is 2. The molecule has 0 bridgehead atoms. The van der Waals surface area contributed by atoms with Crippen molar-refractivity contribution in [3.05, 3.63) is 71.9 Å². The predicted octanol–water partition coefficient (Wildman–Crippen LogP) is 5.37. The van der Waals surface area contributed by atoms with Crippen molar-refractivity contribution in [3.63, 3.8) is 0 Å². The minimum Gasteiger partial charge on any atom is -0.377 e. The molecule has 1 atom stereocenters. The van der Waals surface area contributed by atoms with Crippen LogP contribution >= 0.6 is 11.8 Å². The molecule has 3 aromatic rings. The average molecular weight is 419 g/mol. The molecule has 0 saturated carbocycles. The van der Waals surface area contributed by atoms with E-state index >= 15 is 0 Å². The number of fused-ring (bicyclic) bond motifs is 1. The molecule has 0 aliphatic carbocycles. The zero-order chi connectivity index (χ0) is 20.3. The molecule has 1 amide bonds. The van der Waals surface area contributed by atoms with Gasteiger partial charge in [-0.3, -0.25) is 4.79 Å². The first-order valence-corrected chi connectivity index (χ1v) is 11.7. The molecule has 154 valence electrons. The van der Waals surface area contributed by atoms with Gasteiger partial charge >= 0.3 is 0 Å². The van der Waals surface area contributed by atoms with E-state index < -0.39 is 0 Å². The number of aromatic nitrogens is 1. The van der Waals surface area contributed by atoms with E-state index in [0.29, 0.717) is 12.6 Å². The van der Waals surface area contributed by atoms with Crippen LogP contribution in [0, 0.1) is 0 Å². The number of H-pyrrole nitrogens is 1. The monoisotopic (exact) mass is 418 g/mol. The van der Waals surface area contributed by atoms with Gasteiger partial charge in [-0.05, 0) is 43.0 Å². The smallest absolute Gasteiger partial charge is 0.255 e. The quantitative estimate of drug-likeness (QED) is 0.567. The highest BCUT2D eigenvalue weighted by Crippen LogP contribution is 2.31. The summed E-state index contributed by atoms with van der Waals surface area (Å²) in [5.41, 5.74) is 4.54. The molecule has 0 unspecified atom stereocenters. The Balaban J connectivity index is 1.30. The van der Waals surface area contributed by atoms with Crippen LogP contribution in [0.25, 0.3) is 16.5 Å². The Morgan fingerprint density at radius 1 is 1.17 bits per heavy atom. The lowest BCUT2D eigenvalue weighted by molar-refractivity contribution is 0.0769. The van der Waals surface area contributed by atoms with E-state index in [4.69, 9.17) is 4.74 Å². The molecule has 2 aliphatic heterocycles. The van der Waals surface area contributed by atoms with Gasteiger partial charge in [0.05, 0.1) is 11.7 Å². The fraction of sp³-hybridized carbons (Fsp3) is 0.320. The van der Waals surface area contributed by atoms with Crippen molar-refractivity contribution in [1.29, 1.82) is 0 Å². The van der Waals surface area contributed by atoms with Gasteiger partial charge < -0.3 is 14.6 Å². The van der Waals surface area contributed by atoms with Crippen LogP contribution in [0.15, 0.2) is 65.7 Å². The Morgan fingerprint density at radius 3 is 2.87 bits per heavy atom. The number of para-hydroxylation sites is 1. The average Bonchev–Trinajstić information content (AvgIpc) is 3.47. The van der Waals surface area contributed by atoms with E-state index in [1.54, 1.807) is 11.8 Å². The van der Waals surface area contributed by atoms with Gasteiger partial charge in [0.1, 0.15) is 0 Å². The molecule has 2 aromatic carbocycles. The topological polar surface area (TPSA) is 45.3 Å². The van der Waals surface area contributed by atoms with Crippen LogP contribution in [0.2, 0.25) is 0 Å². The van der Waals surface area contributed by atoms with Gasteiger partial charge in [-0.15, -0.1) is 11.8 Å². The molecule has 0 radical (unpaired) electrons. The number of ether oxygens (including phenoxy) is 1. The van der Waals surface area contributed by atoms with Crippen LogP contribution in [-0.4, -0.2) is 47.3 Å². The third-order valence-corrected chi connectivity index (χ3v) is 7.20. The summed E-state index contributed by atoms with van der Waals surface area (Å²) in [5.74, 6) is 1.04. The Hall–Kier alpha value is -2.50. The van der Waals surface area contributed by atoms with Gasteiger partial charge in [-0.25, -0.2) is 0 Å². The van der Waals surface area contributed by atoms with Crippen molar-refractivity contribution in [1.82, 2.24) is 9.88 Å². The second kappa shape index (κ2) is 8.70. The second-order valence-electron chi connectivity index (χ2n) is 7.92. The molecule has 5 rings (SSSR count). The largest absolute Gasteiger partial charge is 0.377 e. The van der Waals surface area contributed by atoms with Gasteiger partial charge in [0.25, 0.3) is 5.91 Å². The predicted molar refractivity (Wildman–Crippen MR) is 123 cm³/mol. The number of carbonyl (C=O) groups is 1. The van der Waals surface area contributed by atoms with Crippen LogP contribution in [0.3, 0.4) is 0 Å². The van der Waals surface area contributed by atoms with E-state index in [2.05, 4.69) is 41.5 Å². The number of carbonyl (C=O) groups excluding carboxylic acids is 1. The maximum atomic E-state index is 13.3. The number of hydrogen-bond acceptors (Lipinski definition) is 3. The number of amides is 1. The molecule has 5 heteroatoms. The normalized spacial score (nSPS) is 19.3. The van der Waals surface area contributed by atoms with Crippen LogP contribution in [0.5, 0.6) is 0 Å². The highest BCUT2D eigenvalue weighted by atomic mass is 32.2. The number of nitrogens with zero attached hydrogens (tertiary/aromatic N) is 1. The van der Waals surface area contributed by atoms with E-state index in [1.807, 2.05) is 29.2 Å².